The van der Waals surface area contributed by atoms with Crippen LogP contribution in [0.15, 0.2) is 0 Å². The number of unbranched alkanes of at least 4 members (excludes halogenated alkanes) is 2. The molecule has 0 spiro atoms. The Labute approximate surface area is 113 Å². The van der Waals surface area contributed by atoms with E-state index >= 15 is 0 Å². The molecule has 98 valence electrons. The van der Waals surface area contributed by atoms with E-state index in [4.69, 9.17) is 0 Å². The van der Waals surface area contributed by atoms with Crippen LogP contribution >= 0.6 is 0 Å². The van der Waals surface area contributed by atoms with Crippen LogP contribution in [0, 0.1) is 0 Å². The van der Waals surface area contributed by atoms with Crippen LogP contribution < -0.4 is 0 Å². The number of nitrogens with zero attached hydrogens (tertiary/aromatic N) is 1. The molecule has 3 heteroatoms. The van der Waals surface area contributed by atoms with Crippen molar-refractivity contribution in [3.8, 4) is 0 Å². The SMILES string of the molecule is CCC[CH2][Sn]([CH3])([CH3])[N](C)[Sn]([CH3])([CH3])[CH2]CCC. The molecule has 0 atom stereocenters. The van der Waals surface area contributed by atoms with Crippen molar-refractivity contribution in [3.63, 3.8) is 0 Å². The van der Waals surface area contributed by atoms with Crippen LogP contribution in [0.2, 0.25) is 28.6 Å². The summed E-state index contributed by atoms with van der Waals surface area (Å²) in [7, 11) is 2.48. The second-order valence-electron chi connectivity index (χ2n) is 6.39. The van der Waals surface area contributed by atoms with E-state index < -0.39 is 37.3 Å². The van der Waals surface area contributed by atoms with Gasteiger partial charge in [-0.25, -0.2) is 0 Å². The Morgan fingerprint density at radius 1 is 0.750 bits per heavy atom. The average Bonchev–Trinajstić information content (AvgIpc) is 2.22. The summed E-state index contributed by atoms with van der Waals surface area (Å²) < 4.78 is 6.14. The van der Waals surface area contributed by atoms with Crippen LogP contribution in [0.4, 0.5) is 0 Å². The molecule has 0 amide bonds. The van der Waals surface area contributed by atoms with Gasteiger partial charge in [-0.2, -0.15) is 0 Å². The van der Waals surface area contributed by atoms with Gasteiger partial charge >= 0.3 is 114 Å². The normalized spacial score (nSPS) is 13.5. The predicted molar refractivity (Wildman–Crippen MR) is 82.2 cm³/mol. The standard InChI is InChI=1S/2C4H9.CH3N.4CH3.2Sn/c2*1-3-4-2;1-2;;;;;;/h2*1,3-4H2,2H3;1H3;4*1H3;;. The molecule has 0 aliphatic heterocycles. The van der Waals surface area contributed by atoms with Crippen LogP contribution in [0.3, 0.4) is 0 Å². The molecule has 0 aromatic heterocycles. The molecule has 0 fully saturated rings. The molecule has 0 saturated carbocycles. The predicted octanol–water partition coefficient (Wildman–Crippen LogP) is 4.93. The molecule has 0 heterocycles. The molecule has 0 saturated heterocycles. The van der Waals surface area contributed by atoms with Gasteiger partial charge in [0.05, 0.1) is 0 Å². The molecule has 0 aliphatic carbocycles. The number of hydrogen-bond donors (Lipinski definition) is 0. The molecule has 0 radical (unpaired) electrons. The number of hydrogen-bond acceptors (Lipinski definition) is 1. The fourth-order valence-corrected chi connectivity index (χ4v) is 51.6. The summed E-state index contributed by atoms with van der Waals surface area (Å²) in [4.78, 5) is 10.6. The van der Waals surface area contributed by atoms with Crippen molar-refractivity contribution >= 4 is 37.3 Å². The van der Waals surface area contributed by atoms with E-state index in [1.165, 1.54) is 25.7 Å². The van der Waals surface area contributed by atoms with Gasteiger partial charge < -0.3 is 0 Å². The molecule has 0 aromatic carbocycles. The first-order valence-corrected chi connectivity index (χ1v) is 25.0. The van der Waals surface area contributed by atoms with E-state index in [0.29, 0.717) is 0 Å². The van der Waals surface area contributed by atoms with Crippen molar-refractivity contribution in [1.29, 1.82) is 0 Å². The first-order chi connectivity index (χ1) is 7.28. The summed E-state index contributed by atoms with van der Waals surface area (Å²) in [5.41, 5.74) is 0. The maximum absolute atomic E-state index is 3.01. The zero-order valence-electron chi connectivity index (χ0n) is 12.7. The second-order valence-corrected chi connectivity index (χ2v) is 37.4. The summed E-state index contributed by atoms with van der Waals surface area (Å²) in [5.74, 6) is 0. The minimum absolute atomic E-state index is 1.37. The van der Waals surface area contributed by atoms with Crippen LogP contribution in [-0.4, -0.2) is 45.7 Å². The van der Waals surface area contributed by atoms with Gasteiger partial charge in [-0.3, -0.25) is 0 Å². The second kappa shape index (κ2) is 7.88. The molecule has 16 heavy (non-hydrogen) atoms. The molecule has 0 unspecified atom stereocenters. The Bertz CT molecular complexity index is 170. The minimum atomic E-state index is -1.86. The van der Waals surface area contributed by atoms with Crippen molar-refractivity contribution in [2.45, 2.75) is 68.2 Å². The summed E-state index contributed by atoms with van der Waals surface area (Å²) >= 11 is -3.72. The quantitative estimate of drug-likeness (QED) is 0.484. The van der Waals surface area contributed by atoms with Gasteiger partial charge in [-0.05, 0) is 0 Å². The Hall–Kier alpha value is 1.56. The maximum atomic E-state index is 3.01. The van der Waals surface area contributed by atoms with Gasteiger partial charge in [0.1, 0.15) is 0 Å². The number of rotatable bonds is 8. The summed E-state index contributed by atoms with van der Waals surface area (Å²) in [6.07, 6.45) is 5.67. The van der Waals surface area contributed by atoms with E-state index in [1.54, 1.807) is 8.87 Å². The van der Waals surface area contributed by atoms with Crippen LogP contribution in [-0.2, 0) is 0 Å². The zero-order chi connectivity index (χ0) is 12.8. The molecule has 0 aliphatic rings. The third-order valence-electron chi connectivity index (χ3n) is 4.10. The van der Waals surface area contributed by atoms with Crippen molar-refractivity contribution in [3.05, 3.63) is 0 Å². The van der Waals surface area contributed by atoms with Gasteiger partial charge in [0.25, 0.3) is 0 Å². The van der Waals surface area contributed by atoms with Gasteiger partial charge in [-0.15, -0.1) is 0 Å². The van der Waals surface area contributed by atoms with Crippen molar-refractivity contribution < 1.29 is 0 Å². The van der Waals surface area contributed by atoms with Gasteiger partial charge in [0, 0.05) is 0 Å². The third kappa shape index (κ3) is 5.94. The van der Waals surface area contributed by atoms with E-state index in [1.807, 2.05) is 0 Å². The van der Waals surface area contributed by atoms with Crippen molar-refractivity contribution in [1.82, 2.24) is 1.34 Å². The molecule has 0 rings (SSSR count). The summed E-state index contributed by atoms with van der Waals surface area (Å²) in [6, 6.07) is 0. The van der Waals surface area contributed by atoms with Crippen molar-refractivity contribution in [2.24, 2.45) is 0 Å². The monoisotopic (exact) mass is 443 g/mol. The third-order valence-corrected chi connectivity index (χ3v) is 46.6. The Kier molecular flexibility index (Phi) is 8.64. The molecule has 1 nitrogen and oxygen atoms in total. The fraction of sp³-hybridized carbons (Fsp3) is 1.00. The zero-order valence-corrected chi connectivity index (χ0v) is 18.4. The average molecular weight is 441 g/mol. The van der Waals surface area contributed by atoms with Gasteiger partial charge in [0.2, 0.25) is 0 Å². The van der Waals surface area contributed by atoms with E-state index in [-0.39, 0.29) is 0 Å². The molecule has 0 bridgehead atoms. The molecule has 0 N–H and O–H groups in total. The molecular formula is C13H33NSn2. The summed E-state index contributed by atoms with van der Waals surface area (Å²) in [5, 5.41) is 0. The Morgan fingerprint density at radius 3 is 1.31 bits per heavy atom. The van der Waals surface area contributed by atoms with E-state index in [9.17, 15) is 0 Å². The van der Waals surface area contributed by atoms with Crippen molar-refractivity contribution in [2.75, 3.05) is 7.05 Å². The first-order valence-electron chi connectivity index (χ1n) is 7.02. The van der Waals surface area contributed by atoms with E-state index in [2.05, 4.69) is 42.0 Å². The summed E-state index contributed by atoms with van der Waals surface area (Å²) in [6.45, 7) is 4.65. The van der Waals surface area contributed by atoms with Crippen LogP contribution in [0.5, 0.6) is 0 Å². The van der Waals surface area contributed by atoms with Crippen LogP contribution in [0.1, 0.15) is 39.5 Å². The molecular weight excluding hydrogens is 408 g/mol. The van der Waals surface area contributed by atoms with Crippen LogP contribution in [0.25, 0.3) is 0 Å². The topological polar surface area (TPSA) is 3.24 Å². The van der Waals surface area contributed by atoms with Gasteiger partial charge in [-0.1, -0.05) is 0 Å². The Balaban J connectivity index is 4.42. The Morgan fingerprint density at radius 2 is 1.06 bits per heavy atom. The first kappa shape index (κ1) is 17.6. The van der Waals surface area contributed by atoms with Gasteiger partial charge in [0.15, 0.2) is 0 Å². The van der Waals surface area contributed by atoms with E-state index in [0.717, 1.165) is 0 Å². The fourth-order valence-electron chi connectivity index (χ4n) is 2.37. The molecule has 0 aromatic rings.